The molecule has 0 radical (unpaired) electrons. The number of aromatic amines is 1. The molecule has 1 N–H and O–H groups in total. The Balaban J connectivity index is 2.29. The Kier molecular flexibility index (Phi) is 3.05. The zero-order valence-electron chi connectivity index (χ0n) is 9.20. The number of hydrogen-bond donors (Lipinski definition) is 1. The normalized spacial score (nSPS) is 10.2. The maximum absolute atomic E-state index is 11.4. The number of nitro groups is 1. The van der Waals surface area contributed by atoms with Crippen LogP contribution < -0.4 is 11.1 Å². The Hall–Kier alpha value is -2.70. The summed E-state index contributed by atoms with van der Waals surface area (Å²) in [5.74, 6) is 0. The van der Waals surface area contributed by atoms with Crippen LogP contribution in [0.5, 0.6) is 0 Å². The molecule has 0 amide bonds. The van der Waals surface area contributed by atoms with Gasteiger partial charge in [-0.05, 0) is 5.56 Å². The minimum absolute atomic E-state index is 0.0207. The van der Waals surface area contributed by atoms with Gasteiger partial charge in [0.05, 0.1) is 11.5 Å². The molecule has 1 aromatic carbocycles. The average Bonchev–Trinajstić information content (AvgIpc) is 2.34. The molecule has 7 nitrogen and oxygen atoms in total. The lowest BCUT2D eigenvalue weighted by atomic mass is 10.2. The molecule has 0 bridgehead atoms. The van der Waals surface area contributed by atoms with Gasteiger partial charge >= 0.3 is 0 Å². The number of nitro benzene ring substituents is 1. The van der Waals surface area contributed by atoms with Gasteiger partial charge in [-0.2, -0.15) is 0 Å². The van der Waals surface area contributed by atoms with Crippen LogP contribution in [0.4, 0.5) is 5.69 Å². The summed E-state index contributed by atoms with van der Waals surface area (Å²) in [6, 6.07) is 8.09. The Labute approximate surface area is 100 Å². The van der Waals surface area contributed by atoms with Crippen molar-refractivity contribution >= 4 is 5.69 Å². The van der Waals surface area contributed by atoms with Crippen molar-refractivity contribution in [1.29, 1.82) is 0 Å². The second-order valence-corrected chi connectivity index (χ2v) is 3.66. The van der Waals surface area contributed by atoms with Crippen molar-refractivity contribution in [3.05, 3.63) is 72.8 Å². The van der Waals surface area contributed by atoms with Crippen LogP contribution in [0.3, 0.4) is 0 Å². The molecular weight excluding hydrogens is 238 g/mol. The lowest BCUT2D eigenvalue weighted by molar-refractivity contribution is -0.384. The summed E-state index contributed by atoms with van der Waals surface area (Å²) >= 11 is 0. The van der Waals surface area contributed by atoms with Gasteiger partial charge < -0.3 is 0 Å². The zero-order valence-corrected chi connectivity index (χ0v) is 9.20. The van der Waals surface area contributed by atoms with Crippen LogP contribution in [0.25, 0.3) is 0 Å². The van der Waals surface area contributed by atoms with Gasteiger partial charge in [-0.15, -0.1) is 0 Å². The number of nitrogens with zero attached hydrogens (tertiary/aromatic N) is 2. The van der Waals surface area contributed by atoms with Crippen molar-refractivity contribution in [1.82, 2.24) is 9.78 Å². The second kappa shape index (κ2) is 4.66. The molecule has 2 rings (SSSR count). The maximum Gasteiger partial charge on any atom is 0.269 e. The summed E-state index contributed by atoms with van der Waals surface area (Å²) in [5.41, 5.74) is -0.0540. The monoisotopic (exact) mass is 247 g/mol. The largest absolute Gasteiger partial charge is 0.269 e. The average molecular weight is 247 g/mol. The van der Waals surface area contributed by atoms with Gasteiger partial charge in [-0.25, -0.2) is 4.68 Å². The van der Waals surface area contributed by atoms with Gasteiger partial charge in [0, 0.05) is 24.3 Å². The number of H-pyrrole nitrogens is 1. The molecule has 1 aromatic heterocycles. The molecule has 18 heavy (non-hydrogen) atoms. The number of hydrogen-bond acceptors (Lipinski definition) is 4. The van der Waals surface area contributed by atoms with E-state index < -0.39 is 4.92 Å². The van der Waals surface area contributed by atoms with Crippen molar-refractivity contribution in [2.75, 3.05) is 0 Å². The number of aromatic nitrogens is 2. The fraction of sp³-hybridized carbons (Fsp3) is 0.0909. The highest BCUT2D eigenvalue weighted by atomic mass is 16.6. The molecule has 0 saturated carbocycles. The van der Waals surface area contributed by atoms with Gasteiger partial charge in [0.15, 0.2) is 0 Å². The third kappa shape index (κ3) is 2.51. The molecule has 0 unspecified atom stereocenters. The SMILES string of the molecule is O=c1ccc(=O)n(Cc2ccc([N+](=O)[O-])cc2)[nH]1. The first kappa shape index (κ1) is 11.8. The van der Waals surface area contributed by atoms with Crippen molar-refractivity contribution < 1.29 is 4.92 Å². The number of benzene rings is 1. The van der Waals surface area contributed by atoms with Gasteiger partial charge in [-0.3, -0.25) is 24.8 Å². The summed E-state index contributed by atoms with van der Waals surface area (Å²) in [7, 11) is 0. The van der Waals surface area contributed by atoms with E-state index in [-0.39, 0.29) is 23.4 Å². The first-order chi connectivity index (χ1) is 8.56. The van der Waals surface area contributed by atoms with E-state index in [4.69, 9.17) is 0 Å². The van der Waals surface area contributed by atoms with E-state index in [0.29, 0.717) is 5.56 Å². The van der Waals surface area contributed by atoms with Gasteiger partial charge in [0.25, 0.3) is 16.8 Å². The standard InChI is InChI=1S/C11H9N3O4/c15-10-5-6-11(16)13(12-10)7-8-1-3-9(4-2-8)14(17)18/h1-6H,7H2,(H,12,15). The van der Waals surface area contributed by atoms with E-state index in [1.807, 2.05) is 0 Å². The fourth-order valence-electron chi connectivity index (χ4n) is 1.49. The summed E-state index contributed by atoms with van der Waals surface area (Å²) in [4.78, 5) is 32.5. The molecule has 0 aliphatic rings. The number of nitrogens with one attached hydrogen (secondary N) is 1. The first-order valence-electron chi connectivity index (χ1n) is 5.10. The molecule has 1 heterocycles. The molecule has 0 saturated heterocycles. The van der Waals surface area contributed by atoms with Crippen LogP contribution in [0, 0.1) is 10.1 Å². The van der Waals surface area contributed by atoms with Crippen LogP contribution in [-0.4, -0.2) is 14.7 Å². The first-order valence-corrected chi connectivity index (χ1v) is 5.10. The summed E-state index contributed by atoms with van der Waals surface area (Å²) in [6.07, 6.45) is 0. The van der Waals surface area contributed by atoms with Crippen LogP contribution in [0.1, 0.15) is 5.56 Å². The zero-order chi connectivity index (χ0) is 13.1. The summed E-state index contributed by atoms with van der Waals surface area (Å²) in [5, 5.41) is 12.8. The third-order valence-electron chi connectivity index (χ3n) is 2.38. The third-order valence-corrected chi connectivity index (χ3v) is 2.38. The van der Waals surface area contributed by atoms with E-state index in [2.05, 4.69) is 5.10 Å². The molecular formula is C11H9N3O4. The molecule has 0 spiro atoms. The highest BCUT2D eigenvalue weighted by molar-refractivity contribution is 5.32. The molecule has 0 fully saturated rings. The van der Waals surface area contributed by atoms with E-state index in [9.17, 15) is 19.7 Å². The quantitative estimate of drug-likeness (QED) is 0.630. The van der Waals surface area contributed by atoms with Crippen molar-refractivity contribution in [2.24, 2.45) is 0 Å². The lowest BCUT2D eigenvalue weighted by Gasteiger charge is -2.04. The molecule has 0 aliphatic heterocycles. The Morgan fingerprint density at radius 1 is 1.11 bits per heavy atom. The van der Waals surface area contributed by atoms with Crippen LogP contribution in [0.2, 0.25) is 0 Å². The van der Waals surface area contributed by atoms with Crippen molar-refractivity contribution in [3.8, 4) is 0 Å². The second-order valence-electron chi connectivity index (χ2n) is 3.66. The molecule has 0 aliphatic carbocycles. The van der Waals surface area contributed by atoms with Crippen LogP contribution in [0.15, 0.2) is 46.0 Å². The highest BCUT2D eigenvalue weighted by Gasteiger charge is 2.04. The number of non-ortho nitro benzene ring substituents is 1. The summed E-state index contributed by atoms with van der Waals surface area (Å²) < 4.78 is 1.14. The molecule has 0 atom stereocenters. The topological polar surface area (TPSA) is 98.0 Å². The summed E-state index contributed by atoms with van der Waals surface area (Å²) in [6.45, 7) is 0.160. The smallest absolute Gasteiger partial charge is 0.268 e. The Morgan fingerprint density at radius 3 is 2.39 bits per heavy atom. The van der Waals surface area contributed by atoms with Crippen LogP contribution >= 0.6 is 0 Å². The Bertz CT molecular complexity index is 684. The van der Waals surface area contributed by atoms with Crippen molar-refractivity contribution in [3.63, 3.8) is 0 Å². The van der Waals surface area contributed by atoms with Gasteiger partial charge in [0.2, 0.25) is 0 Å². The predicted octanol–water partition coefficient (Wildman–Crippen LogP) is 0.493. The van der Waals surface area contributed by atoms with Gasteiger partial charge in [0.1, 0.15) is 0 Å². The van der Waals surface area contributed by atoms with Gasteiger partial charge in [-0.1, -0.05) is 12.1 Å². The van der Waals surface area contributed by atoms with E-state index in [1.165, 1.54) is 30.3 Å². The minimum Gasteiger partial charge on any atom is -0.268 e. The lowest BCUT2D eigenvalue weighted by Crippen LogP contribution is -2.28. The molecule has 92 valence electrons. The highest BCUT2D eigenvalue weighted by Crippen LogP contribution is 2.11. The fourth-order valence-corrected chi connectivity index (χ4v) is 1.49. The van der Waals surface area contributed by atoms with E-state index in [1.54, 1.807) is 0 Å². The molecule has 2 aromatic rings. The predicted molar refractivity (Wildman–Crippen MR) is 63.5 cm³/mol. The van der Waals surface area contributed by atoms with E-state index in [0.717, 1.165) is 10.7 Å². The minimum atomic E-state index is -0.500. The molecule has 7 heteroatoms. The van der Waals surface area contributed by atoms with E-state index >= 15 is 0 Å². The Morgan fingerprint density at radius 2 is 1.78 bits per heavy atom. The number of rotatable bonds is 3. The maximum atomic E-state index is 11.4. The van der Waals surface area contributed by atoms with Crippen LogP contribution in [-0.2, 0) is 6.54 Å². The van der Waals surface area contributed by atoms with Crippen molar-refractivity contribution in [2.45, 2.75) is 6.54 Å².